The summed E-state index contributed by atoms with van der Waals surface area (Å²) in [6, 6.07) is 4.08. The fourth-order valence-corrected chi connectivity index (χ4v) is 2.67. The predicted octanol–water partition coefficient (Wildman–Crippen LogP) is 3.14. The summed E-state index contributed by atoms with van der Waals surface area (Å²) in [5, 5.41) is 0. The van der Waals surface area contributed by atoms with E-state index in [1.165, 1.54) is 19.1 Å². The number of amides is 1. The van der Waals surface area contributed by atoms with Crippen LogP contribution < -0.4 is 0 Å². The molecule has 20 heavy (non-hydrogen) atoms. The number of hydrogen-bond acceptors (Lipinski definition) is 2. The Labute approximate surface area is 118 Å². The van der Waals surface area contributed by atoms with E-state index in [0.29, 0.717) is 18.5 Å². The lowest BCUT2D eigenvalue weighted by atomic mass is 10.00. The van der Waals surface area contributed by atoms with Gasteiger partial charge in [0.15, 0.2) is 5.78 Å². The van der Waals surface area contributed by atoms with Crippen LogP contribution in [-0.4, -0.2) is 29.2 Å². The molecule has 0 N–H and O–H groups in total. The van der Waals surface area contributed by atoms with E-state index in [0.717, 1.165) is 12.0 Å². The van der Waals surface area contributed by atoms with Crippen molar-refractivity contribution in [1.29, 1.82) is 0 Å². The molecule has 1 aromatic carbocycles. The van der Waals surface area contributed by atoms with E-state index in [1.54, 1.807) is 11.0 Å². The van der Waals surface area contributed by atoms with Crippen LogP contribution in [0.25, 0.3) is 0 Å². The van der Waals surface area contributed by atoms with Gasteiger partial charge in [0.25, 0.3) is 5.91 Å². The maximum atomic E-state index is 13.7. The smallest absolute Gasteiger partial charge is 0.254 e. The molecule has 0 aliphatic carbocycles. The van der Waals surface area contributed by atoms with Gasteiger partial charge in [-0.2, -0.15) is 0 Å². The van der Waals surface area contributed by atoms with E-state index in [9.17, 15) is 14.0 Å². The summed E-state index contributed by atoms with van der Waals surface area (Å²) in [5.74, 6) is -0.502. The molecule has 1 aromatic rings. The van der Waals surface area contributed by atoms with Crippen LogP contribution in [0.3, 0.4) is 0 Å². The molecule has 0 saturated carbocycles. The van der Waals surface area contributed by atoms with Gasteiger partial charge in [0.2, 0.25) is 0 Å². The van der Waals surface area contributed by atoms with Crippen LogP contribution in [0.2, 0.25) is 0 Å². The molecule has 1 saturated heterocycles. The molecule has 0 bridgehead atoms. The quantitative estimate of drug-likeness (QED) is 0.851. The number of halogens is 1. The van der Waals surface area contributed by atoms with Gasteiger partial charge >= 0.3 is 0 Å². The van der Waals surface area contributed by atoms with E-state index in [2.05, 4.69) is 0 Å². The zero-order valence-electron chi connectivity index (χ0n) is 12.1. The first-order valence-electron chi connectivity index (χ1n) is 7.02. The number of carbonyl (C=O) groups is 2. The zero-order chi connectivity index (χ0) is 14.9. The van der Waals surface area contributed by atoms with E-state index >= 15 is 0 Å². The van der Waals surface area contributed by atoms with Gasteiger partial charge in [-0.15, -0.1) is 0 Å². The summed E-state index contributed by atoms with van der Waals surface area (Å²) in [5.41, 5.74) is 1.13. The second kappa shape index (κ2) is 5.73. The number of Topliss-reactive ketones (excluding diaryl/α,β-unsaturated/α-hetero) is 1. The number of rotatable bonds is 3. The second-order valence-electron chi connectivity index (χ2n) is 5.70. The number of likely N-dealkylation sites (tertiary alicyclic amines) is 1. The molecule has 1 amide bonds. The molecule has 108 valence electrons. The minimum Gasteiger partial charge on any atom is -0.329 e. The Morgan fingerprint density at radius 1 is 1.30 bits per heavy atom. The number of nitrogens with zero attached hydrogens (tertiary/aromatic N) is 1. The third-order valence-corrected chi connectivity index (χ3v) is 3.82. The molecule has 1 aliphatic heterocycles. The number of ketones is 1. The Bertz CT molecular complexity index is 539. The Morgan fingerprint density at radius 3 is 2.60 bits per heavy atom. The molecule has 1 atom stereocenters. The van der Waals surface area contributed by atoms with Gasteiger partial charge in [0, 0.05) is 12.1 Å². The molecule has 1 unspecified atom stereocenters. The van der Waals surface area contributed by atoms with Gasteiger partial charge in [-0.05, 0) is 49.4 Å². The number of benzene rings is 1. The maximum Gasteiger partial charge on any atom is 0.254 e. The van der Waals surface area contributed by atoms with Crippen molar-refractivity contribution in [2.24, 2.45) is 0 Å². The van der Waals surface area contributed by atoms with E-state index in [1.807, 2.05) is 13.8 Å². The molecule has 1 fully saturated rings. The van der Waals surface area contributed by atoms with Crippen LogP contribution in [0.4, 0.5) is 4.39 Å². The Balaban J connectivity index is 2.31. The summed E-state index contributed by atoms with van der Waals surface area (Å²) in [6.07, 6.45) is 1.52. The third kappa shape index (κ3) is 2.89. The lowest BCUT2D eigenvalue weighted by Gasteiger charge is -2.23. The Kier molecular flexibility index (Phi) is 4.21. The number of hydrogen-bond donors (Lipinski definition) is 0. The molecule has 2 rings (SSSR count). The molecule has 4 heteroatoms. The predicted molar refractivity (Wildman–Crippen MR) is 75.2 cm³/mol. The molecule has 0 radical (unpaired) electrons. The standard InChI is InChI=1S/C16H20FNO2/c1-10(2)12-7-13(9-14(17)8-12)16(20)18-6-4-5-15(18)11(3)19/h7-10,15H,4-6H2,1-3H3. The van der Waals surface area contributed by atoms with Gasteiger partial charge in [0.1, 0.15) is 5.82 Å². The highest BCUT2D eigenvalue weighted by Crippen LogP contribution is 2.23. The fraction of sp³-hybridized carbons (Fsp3) is 0.500. The average molecular weight is 277 g/mol. The van der Waals surface area contributed by atoms with Crippen LogP contribution in [0.15, 0.2) is 18.2 Å². The highest BCUT2D eigenvalue weighted by molar-refractivity contribution is 5.98. The molecule has 1 heterocycles. The minimum atomic E-state index is -0.405. The van der Waals surface area contributed by atoms with Crippen molar-refractivity contribution in [3.63, 3.8) is 0 Å². The van der Waals surface area contributed by atoms with Crippen molar-refractivity contribution in [2.75, 3.05) is 6.54 Å². The fourth-order valence-electron chi connectivity index (χ4n) is 2.67. The van der Waals surface area contributed by atoms with E-state index < -0.39 is 5.82 Å². The van der Waals surface area contributed by atoms with Gasteiger partial charge in [-0.3, -0.25) is 9.59 Å². The van der Waals surface area contributed by atoms with Gasteiger partial charge in [-0.1, -0.05) is 13.8 Å². The first kappa shape index (κ1) is 14.7. The first-order chi connectivity index (χ1) is 9.40. The molecule has 3 nitrogen and oxygen atoms in total. The molecule has 0 aromatic heterocycles. The summed E-state index contributed by atoms with van der Waals surface area (Å²) in [4.78, 5) is 25.6. The van der Waals surface area contributed by atoms with E-state index in [4.69, 9.17) is 0 Å². The molecular formula is C16H20FNO2. The average Bonchev–Trinajstić information content (AvgIpc) is 2.86. The van der Waals surface area contributed by atoms with Crippen LogP contribution in [0.1, 0.15) is 55.5 Å². The summed E-state index contributed by atoms with van der Waals surface area (Å²) < 4.78 is 13.7. The zero-order valence-corrected chi connectivity index (χ0v) is 12.1. The van der Waals surface area contributed by atoms with E-state index in [-0.39, 0.29) is 23.7 Å². The number of carbonyl (C=O) groups excluding carboxylic acids is 2. The van der Waals surface area contributed by atoms with Crippen molar-refractivity contribution in [3.8, 4) is 0 Å². The third-order valence-electron chi connectivity index (χ3n) is 3.82. The first-order valence-corrected chi connectivity index (χ1v) is 7.02. The normalized spacial score (nSPS) is 18.6. The van der Waals surface area contributed by atoms with Crippen molar-refractivity contribution in [2.45, 2.75) is 45.6 Å². The lowest BCUT2D eigenvalue weighted by Crippen LogP contribution is -2.39. The van der Waals surface area contributed by atoms with Crippen LogP contribution in [0.5, 0.6) is 0 Å². The Hall–Kier alpha value is -1.71. The van der Waals surface area contributed by atoms with Crippen LogP contribution >= 0.6 is 0 Å². The van der Waals surface area contributed by atoms with Crippen molar-refractivity contribution in [3.05, 3.63) is 35.1 Å². The topological polar surface area (TPSA) is 37.4 Å². The highest BCUT2D eigenvalue weighted by atomic mass is 19.1. The van der Waals surface area contributed by atoms with Crippen LogP contribution in [-0.2, 0) is 4.79 Å². The van der Waals surface area contributed by atoms with Crippen molar-refractivity contribution in [1.82, 2.24) is 4.90 Å². The largest absolute Gasteiger partial charge is 0.329 e. The lowest BCUT2D eigenvalue weighted by molar-refractivity contribution is -0.120. The highest BCUT2D eigenvalue weighted by Gasteiger charge is 2.32. The molecule has 0 spiro atoms. The van der Waals surface area contributed by atoms with Gasteiger partial charge in [0.05, 0.1) is 6.04 Å². The minimum absolute atomic E-state index is 0.00339. The monoisotopic (exact) mass is 277 g/mol. The van der Waals surface area contributed by atoms with Crippen molar-refractivity contribution < 1.29 is 14.0 Å². The van der Waals surface area contributed by atoms with Gasteiger partial charge < -0.3 is 4.90 Å². The molecular weight excluding hydrogens is 257 g/mol. The SMILES string of the molecule is CC(=O)C1CCCN1C(=O)c1cc(F)cc(C(C)C)c1. The van der Waals surface area contributed by atoms with Crippen molar-refractivity contribution >= 4 is 11.7 Å². The van der Waals surface area contributed by atoms with Crippen LogP contribution in [0, 0.1) is 5.82 Å². The summed E-state index contributed by atoms with van der Waals surface area (Å²) >= 11 is 0. The summed E-state index contributed by atoms with van der Waals surface area (Å²) in [6.45, 7) is 5.98. The summed E-state index contributed by atoms with van der Waals surface area (Å²) in [7, 11) is 0. The second-order valence-corrected chi connectivity index (χ2v) is 5.70. The maximum absolute atomic E-state index is 13.7. The van der Waals surface area contributed by atoms with Gasteiger partial charge in [-0.25, -0.2) is 4.39 Å². The Morgan fingerprint density at radius 2 is 2.00 bits per heavy atom. The molecule has 1 aliphatic rings.